The summed E-state index contributed by atoms with van der Waals surface area (Å²) in [6, 6.07) is 1.29. The van der Waals surface area contributed by atoms with Gasteiger partial charge in [0.25, 0.3) is 0 Å². The molecule has 0 bridgehead atoms. The van der Waals surface area contributed by atoms with E-state index in [2.05, 4.69) is 15.9 Å². The summed E-state index contributed by atoms with van der Waals surface area (Å²) in [5.74, 6) is -5.15. The molecule has 1 aromatic rings. The zero-order valence-corrected chi connectivity index (χ0v) is 9.26. The maximum absolute atomic E-state index is 12.7. The third-order valence-electron chi connectivity index (χ3n) is 1.61. The van der Waals surface area contributed by atoms with Crippen LogP contribution in [0.25, 0.3) is 0 Å². The minimum atomic E-state index is -5.77. The largest absolute Gasteiger partial charge is 0.456 e. The highest BCUT2D eigenvalue weighted by atomic mass is 79.9. The van der Waals surface area contributed by atoms with Gasteiger partial charge in [0, 0.05) is 4.47 Å². The normalized spacial score (nSPS) is 15.4. The summed E-state index contributed by atoms with van der Waals surface area (Å²) in [6.45, 7) is 0. The molecule has 1 heterocycles. The lowest BCUT2D eigenvalue weighted by Crippen LogP contribution is -2.41. The van der Waals surface area contributed by atoms with Crippen molar-refractivity contribution in [3.05, 3.63) is 20.8 Å². The second kappa shape index (κ2) is 3.99. The molecule has 0 radical (unpaired) electrons. The van der Waals surface area contributed by atoms with Crippen molar-refractivity contribution in [2.75, 3.05) is 0 Å². The molecule has 0 spiro atoms. The van der Waals surface area contributed by atoms with Gasteiger partial charge in [-0.2, -0.15) is 22.0 Å². The molecule has 0 aliphatic rings. The first-order chi connectivity index (χ1) is 6.68. The van der Waals surface area contributed by atoms with Crippen molar-refractivity contribution in [2.45, 2.75) is 18.2 Å². The molecule has 0 aliphatic carbocycles. The molecular formula is C7H4BrF5OS. The van der Waals surface area contributed by atoms with E-state index in [9.17, 15) is 22.0 Å². The molecule has 15 heavy (non-hydrogen) atoms. The molecule has 1 rings (SSSR count). The Morgan fingerprint density at radius 1 is 1.27 bits per heavy atom. The lowest BCUT2D eigenvalue weighted by molar-refractivity contribution is -0.314. The molecule has 0 saturated heterocycles. The Morgan fingerprint density at radius 3 is 2.13 bits per heavy atom. The first-order valence-electron chi connectivity index (χ1n) is 3.53. The Labute approximate surface area is 93.7 Å². The highest BCUT2D eigenvalue weighted by molar-refractivity contribution is 9.10. The predicted molar refractivity (Wildman–Crippen MR) is 48.0 cm³/mol. The van der Waals surface area contributed by atoms with Crippen LogP contribution in [0.4, 0.5) is 22.0 Å². The van der Waals surface area contributed by atoms with Crippen molar-refractivity contribution >= 4 is 27.3 Å². The van der Waals surface area contributed by atoms with Gasteiger partial charge in [0.05, 0.1) is 4.88 Å². The van der Waals surface area contributed by atoms with Gasteiger partial charge in [0.1, 0.15) is 0 Å². The third kappa shape index (κ3) is 2.31. The van der Waals surface area contributed by atoms with Crippen LogP contribution in [-0.2, 0) is 0 Å². The monoisotopic (exact) mass is 310 g/mol. The first-order valence-corrected chi connectivity index (χ1v) is 5.20. The molecule has 0 aliphatic heterocycles. The van der Waals surface area contributed by atoms with E-state index in [0.29, 0.717) is 11.3 Å². The summed E-state index contributed by atoms with van der Waals surface area (Å²) < 4.78 is 61.0. The van der Waals surface area contributed by atoms with Gasteiger partial charge in [-0.15, -0.1) is 11.3 Å². The van der Waals surface area contributed by atoms with Crippen LogP contribution in [0.15, 0.2) is 15.9 Å². The summed E-state index contributed by atoms with van der Waals surface area (Å²) in [7, 11) is 0. The molecule has 0 fully saturated rings. The third-order valence-corrected chi connectivity index (χ3v) is 3.54. The van der Waals surface area contributed by atoms with Crippen molar-refractivity contribution in [1.29, 1.82) is 0 Å². The molecule has 1 nitrogen and oxygen atoms in total. The Kier molecular flexibility index (Phi) is 3.42. The van der Waals surface area contributed by atoms with Crippen LogP contribution in [0.1, 0.15) is 11.0 Å². The number of halogens is 6. The predicted octanol–water partition coefficient (Wildman–Crippen LogP) is 3.74. The summed E-state index contributed by atoms with van der Waals surface area (Å²) in [4.78, 5) is -0.447. The van der Waals surface area contributed by atoms with Crippen molar-refractivity contribution in [2.24, 2.45) is 0 Å². The summed E-state index contributed by atoms with van der Waals surface area (Å²) in [5, 5.41) is 10.3. The quantitative estimate of drug-likeness (QED) is 0.825. The molecule has 0 aromatic carbocycles. The van der Waals surface area contributed by atoms with Gasteiger partial charge in [0.15, 0.2) is 6.10 Å². The average molecular weight is 311 g/mol. The van der Waals surface area contributed by atoms with E-state index >= 15 is 0 Å². The van der Waals surface area contributed by atoms with Crippen LogP contribution in [0.5, 0.6) is 0 Å². The maximum atomic E-state index is 12.7. The highest BCUT2D eigenvalue weighted by Crippen LogP contribution is 2.47. The van der Waals surface area contributed by atoms with E-state index in [4.69, 9.17) is 5.11 Å². The molecule has 1 aromatic heterocycles. The number of alkyl halides is 5. The lowest BCUT2D eigenvalue weighted by atomic mass is 10.1. The highest BCUT2D eigenvalue weighted by Gasteiger charge is 2.63. The van der Waals surface area contributed by atoms with E-state index in [1.165, 1.54) is 11.4 Å². The Bertz CT molecular complexity index is 347. The summed E-state index contributed by atoms with van der Waals surface area (Å²) >= 11 is 3.40. The Morgan fingerprint density at radius 2 is 1.80 bits per heavy atom. The minimum Gasteiger partial charge on any atom is -0.381 e. The summed E-state index contributed by atoms with van der Waals surface area (Å²) in [6.07, 6.45) is -8.65. The lowest BCUT2D eigenvalue weighted by Gasteiger charge is -2.24. The maximum Gasteiger partial charge on any atom is 0.456 e. The topological polar surface area (TPSA) is 20.2 Å². The zero-order valence-electron chi connectivity index (χ0n) is 6.86. The van der Waals surface area contributed by atoms with Crippen molar-refractivity contribution in [3.8, 4) is 0 Å². The van der Waals surface area contributed by atoms with Crippen molar-refractivity contribution in [1.82, 2.24) is 0 Å². The van der Waals surface area contributed by atoms with Crippen LogP contribution in [0.2, 0.25) is 0 Å². The van der Waals surface area contributed by atoms with E-state index in [0.717, 1.165) is 0 Å². The smallest absolute Gasteiger partial charge is 0.381 e. The minimum absolute atomic E-state index is 0.0314. The van der Waals surface area contributed by atoms with E-state index in [1.54, 1.807) is 0 Å². The number of rotatable bonds is 2. The van der Waals surface area contributed by atoms with Crippen LogP contribution in [0.3, 0.4) is 0 Å². The first kappa shape index (κ1) is 12.9. The fourth-order valence-corrected chi connectivity index (χ4v) is 2.43. The molecule has 8 heteroatoms. The van der Waals surface area contributed by atoms with Gasteiger partial charge < -0.3 is 5.11 Å². The van der Waals surface area contributed by atoms with Crippen molar-refractivity contribution in [3.63, 3.8) is 0 Å². The van der Waals surface area contributed by atoms with Crippen LogP contribution < -0.4 is 0 Å². The fourth-order valence-electron chi connectivity index (χ4n) is 0.820. The fraction of sp³-hybridized carbons (Fsp3) is 0.429. The van der Waals surface area contributed by atoms with Gasteiger partial charge in [0.2, 0.25) is 0 Å². The molecule has 1 atom stereocenters. The van der Waals surface area contributed by atoms with Gasteiger partial charge >= 0.3 is 12.1 Å². The average Bonchev–Trinajstić information content (AvgIpc) is 2.48. The standard InChI is InChI=1S/C7H4BrF5OS/c8-3-1-2-15-4(3)5(14)6(9,10)7(11,12)13/h1-2,5,14H. The molecule has 1 N–H and O–H groups in total. The number of aliphatic hydroxyl groups excluding tert-OH is 1. The second-order valence-corrected chi connectivity index (χ2v) is 4.46. The molecule has 0 saturated carbocycles. The van der Waals surface area contributed by atoms with Gasteiger partial charge in [-0.05, 0) is 27.4 Å². The number of thiophene rings is 1. The van der Waals surface area contributed by atoms with E-state index in [1.807, 2.05) is 0 Å². The number of hydrogen-bond donors (Lipinski definition) is 1. The zero-order chi connectivity index (χ0) is 11.9. The number of hydrogen-bond acceptors (Lipinski definition) is 2. The Balaban J connectivity index is 3.05. The van der Waals surface area contributed by atoms with Crippen LogP contribution in [-0.4, -0.2) is 17.2 Å². The van der Waals surface area contributed by atoms with Gasteiger partial charge in [-0.25, -0.2) is 0 Å². The number of aliphatic hydroxyl groups is 1. The van der Waals surface area contributed by atoms with Crippen LogP contribution >= 0.6 is 27.3 Å². The molecule has 0 amide bonds. The van der Waals surface area contributed by atoms with E-state index in [-0.39, 0.29) is 4.47 Å². The SMILES string of the molecule is OC(c1sccc1Br)C(F)(F)C(F)(F)F. The van der Waals surface area contributed by atoms with Crippen molar-refractivity contribution < 1.29 is 27.1 Å². The molecular weight excluding hydrogens is 307 g/mol. The molecule has 86 valence electrons. The molecule has 1 unspecified atom stereocenters. The summed E-state index contributed by atoms with van der Waals surface area (Å²) in [5.41, 5.74) is 0. The van der Waals surface area contributed by atoms with Gasteiger partial charge in [-0.1, -0.05) is 0 Å². The van der Waals surface area contributed by atoms with E-state index < -0.39 is 23.1 Å². The Hall–Kier alpha value is -0.210. The second-order valence-electron chi connectivity index (χ2n) is 2.66. The van der Waals surface area contributed by atoms with Crippen LogP contribution in [0, 0.1) is 0 Å². The van der Waals surface area contributed by atoms with Gasteiger partial charge in [-0.3, -0.25) is 0 Å².